The van der Waals surface area contributed by atoms with Crippen LogP contribution in [0.3, 0.4) is 0 Å². The lowest BCUT2D eigenvalue weighted by Gasteiger charge is -2.42. The summed E-state index contributed by atoms with van der Waals surface area (Å²) < 4.78 is 10.6. The molecule has 2 unspecified atom stereocenters. The maximum absolute atomic E-state index is 13.7. The minimum absolute atomic E-state index is 0.276. The summed E-state index contributed by atoms with van der Waals surface area (Å²) in [6.07, 6.45) is 2.62. The minimum Gasteiger partial charge on any atom is -0.497 e. The van der Waals surface area contributed by atoms with E-state index in [1.54, 1.807) is 55.6 Å². The summed E-state index contributed by atoms with van der Waals surface area (Å²) in [4.78, 5) is 27.3. The lowest BCUT2D eigenvalue weighted by molar-refractivity contribution is -0.0658. The van der Waals surface area contributed by atoms with Gasteiger partial charge in [0, 0.05) is 0 Å². The van der Waals surface area contributed by atoms with Crippen LogP contribution in [0, 0.1) is 0 Å². The Morgan fingerprint density at radius 2 is 1.76 bits per heavy atom. The van der Waals surface area contributed by atoms with Gasteiger partial charge >= 0.3 is 11.4 Å². The maximum atomic E-state index is 13.7. The molecule has 0 radical (unpaired) electrons. The Bertz CT molecular complexity index is 1460. The highest BCUT2D eigenvalue weighted by molar-refractivity contribution is 5.46. The fourth-order valence-electron chi connectivity index (χ4n) is 5.10. The number of aliphatic hydroxyl groups is 1. The van der Waals surface area contributed by atoms with Crippen molar-refractivity contribution in [3.8, 4) is 22.9 Å². The summed E-state index contributed by atoms with van der Waals surface area (Å²) in [6, 6.07) is 15.3. The van der Waals surface area contributed by atoms with Crippen LogP contribution in [-0.2, 0) is 5.60 Å². The zero-order chi connectivity index (χ0) is 22.7. The Morgan fingerprint density at radius 1 is 1.00 bits per heavy atom. The Morgan fingerprint density at radius 3 is 2.48 bits per heavy atom. The first-order valence-corrected chi connectivity index (χ1v) is 10.9. The molecule has 1 aliphatic heterocycles. The molecule has 10 heteroatoms. The smallest absolute Gasteiger partial charge is 0.358 e. The van der Waals surface area contributed by atoms with Gasteiger partial charge in [0.1, 0.15) is 17.0 Å². The van der Waals surface area contributed by atoms with Crippen LogP contribution in [0.2, 0.25) is 0 Å². The molecule has 10 nitrogen and oxygen atoms in total. The van der Waals surface area contributed by atoms with E-state index in [0.29, 0.717) is 35.7 Å². The summed E-state index contributed by atoms with van der Waals surface area (Å²) in [5, 5.41) is 20.4. The van der Waals surface area contributed by atoms with Crippen molar-refractivity contribution < 1.29 is 9.84 Å². The molecule has 1 fully saturated rings. The van der Waals surface area contributed by atoms with Crippen molar-refractivity contribution in [3.63, 3.8) is 0 Å². The molecule has 1 saturated carbocycles. The van der Waals surface area contributed by atoms with E-state index in [1.807, 2.05) is 6.07 Å². The predicted octanol–water partition coefficient (Wildman–Crippen LogP) is 1.70. The SMILES string of the molecule is COc1ccc(-n2nnc3c2-n2c(=O)n(-c4ccccc4)c(=O)n2C2CCCCC32O)cc1. The first kappa shape index (κ1) is 19.7. The quantitative estimate of drug-likeness (QED) is 0.513. The molecular weight excluding hydrogens is 424 g/mol. The van der Waals surface area contributed by atoms with Gasteiger partial charge in [-0.15, -0.1) is 5.10 Å². The summed E-state index contributed by atoms with van der Waals surface area (Å²) >= 11 is 0. The van der Waals surface area contributed by atoms with E-state index in [-0.39, 0.29) is 5.82 Å². The molecule has 1 aliphatic carbocycles. The maximum Gasteiger partial charge on any atom is 0.358 e. The van der Waals surface area contributed by atoms with E-state index < -0.39 is 23.0 Å². The average molecular weight is 446 g/mol. The monoisotopic (exact) mass is 446 g/mol. The molecule has 3 heterocycles. The van der Waals surface area contributed by atoms with Gasteiger partial charge in [0.25, 0.3) is 0 Å². The minimum atomic E-state index is -1.39. The van der Waals surface area contributed by atoms with Crippen LogP contribution in [0.15, 0.2) is 64.2 Å². The van der Waals surface area contributed by atoms with E-state index in [9.17, 15) is 14.7 Å². The second-order valence-electron chi connectivity index (χ2n) is 8.45. The topological polar surface area (TPSA) is 109 Å². The molecule has 2 atom stereocenters. The number of hydrogen-bond acceptors (Lipinski definition) is 6. The fourth-order valence-corrected chi connectivity index (χ4v) is 5.10. The van der Waals surface area contributed by atoms with Crippen molar-refractivity contribution in [2.75, 3.05) is 7.11 Å². The zero-order valence-electron chi connectivity index (χ0n) is 18.0. The number of fused-ring (bicyclic) bond motifs is 6. The first-order chi connectivity index (χ1) is 16.0. The van der Waals surface area contributed by atoms with Crippen molar-refractivity contribution >= 4 is 0 Å². The molecule has 2 aromatic carbocycles. The molecule has 4 aromatic rings. The molecule has 6 rings (SSSR count). The van der Waals surface area contributed by atoms with E-state index in [4.69, 9.17) is 4.74 Å². The third kappa shape index (κ3) is 2.64. The second-order valence-corrected chi connectivity index (χ2v) is 8.45. The Balaban J connectivity index is 1.68. The number of ether oxygens (including phenoxy) is 1. The van der Waals surface area contributed by atoms with Crippen molar-refractivity contribution in [2.45, 2.75) is 37.3 Å². The van der Waals surface area contributed by atoms with Crippen LogP contribution in [0.1, 0.15) is 37.4 Å². The van der Waals surface area contributed by atoms with Gasteiger partial charge in [-0.2, -0.15) is 9.36 Å². The summed E-state index contributed by atoms with van der Waals surface area (Å²) in [5.41, 5.74) is -1.01. The van der Waals surface area contributed by atoms with Gasteiger partial charge in [-0.25, -0.2) is 18.8 Å². The first-order valence-electron chi connectivity index (χ1n) is 10.9. The highest BCUT2D eigenvalue weighted by Gasteiger charge is 2.52. The number of hydrogen-bond donors (Lipinski definition) is 1. The third-order valence-corrected chi connectivity index (χ3v) is 6.70. The Kier molecular flexibility index (Phi) is 4.21. The number of methoxy groups -OCH3 is 1. The van der Waals surface area contributed by atoms with Gasteiger partial charge in [-0.3, -0.25) is 0 Å². The second kappa shape index (κ2) is 7.04. The number of aromatic nitrogens is 6. The molecule has 0 saturated heterocycles. The molecule has 2 aromatic heterocycles. The van der Waals surface area contributed by atoms with Gasteiger partial charge < -0.3 is 9.84 Å². The summed E-state index contributed by atoms with van der Waals surface area (Å²) in [7, 11) is 1.58. The van der Waals surface area contributed by atoms with Crippen LogP contribution in [0.5, 0.6) is 5.75 Å². The van der Waals surface area contributed by atoms with Crippen LogP contribution in [-0.4, -0.2) is 41.1 Å². The fraction of sp³-hybridized carbons (Fsp3) is 0.304. The molecule has 1 N–H and O–H groups in total. The van der Waals surface area contributed by atoms with Crippen molar-refractivity contribution in [1.29, 1.82) is 0 Å². The van der Waals surface area contributed by atoms with E-state index in [0.717, 1.165) is 17.4 Å². The van der Waals surface area contributed by atoms with Gasteiger partial charge in [0.05, 0.1) is 24.5 Å². The standard InChI is InChI=1S/C23H22N6O4/c1-33-17-12-10-16(11-13-17)27-20-19(24-25-27)23(32)14-6-5-9-18(23)28-21(30)26(22(31)29(20)28)15-7-3-2-4-8-15/h2-4,7-8,10-13,18,32H,5-6,9,14H2,1H3. The molecule has 0 spiro atoms. The molecule has 0 amide bonds. The normalized spacial score (nSPS) is 21.2. The molecule has 2 aliphatic rings. The summed E-state index contributed by atoms with van der Waals surface area (Å²) in [5.74, 6) is 0.945. The average Bonchev–Trinajstić information content (AvgIpc) is 3.39. The zero-order valence-corrected chi connectivity index (χ0v) is 18.0. The lowest BCUT2D eigenvalue weighted by Crippen LogP contribution is -2.50. The molecular formula is C23H22N6O4. The molecule has 33 heavy (non-hydrogen) atoms. The van der Waals surface area contributed by atoms with Gasteiger partial charge in [-0.1, -0.05) is 36.3 Å². The Labute approximate surface area is 187 Å². The van der Waals surface area contributed by atoms with Crippen molar-refractivity contribution in [2.24, 2.45) is 0 Å². The molecule has 0 bridgehead atoms. The highest BCUT2D eigenvalue weighted by atomic mass is 16.5. The van der Waals surface area contributed by atoms with Gasteiger partial charge in [0.15, 0.2) is 5.82 Å². The number of rotatable bonds is 3. The van der Waals surface area contributed by atoms with Crippen molar-refractivity contribution in [1.82, 2.24) is 28.9 Å². The van der Waals surface area contributed by atoms with E-state index >= 15 is 0 Å². The lowest BCUT2D eigenvalue weighted by atomic mass is 9.77. The third-order valence-electron chi connectivity index (χ3n) is 6.70. The van der Waals surface area contributed by atoms with Gasteiger partial charge in [0.2, 0.25) is 0 Å². The van der Waals surface area contributed by atoms with E-state index in [1.165, 1.54) is 14.0 Å². The van der Waals surface area contributed by atoms with Crippen molar-refractivity contribution in [3.05, 3.63) is 81.3 Å². The van der Waals surface area contributed by atoms with Crippen LogP contribution < -0.4 is 16.1 Å². The highest BCUT2D eigenvalue weighted by Crippen LogP contribution is 2.47. The number of nitrogens with zero attached hydrogens (tertiary/aromatic N) is 6. The largest absolute Gasteiger partial charge is 0.497 e. The predicted molar refractivity (Wildman–Crippen MR) is 118 cm³/mol. The van der Waals surface area contributed by atoms with Crippen LogP contribution in [0.4, 0.5) is 0 Å². The van der Waals surface area contributed by atoms with E-state index in [2.05, 4.69) is 10.3 Å². The van der Waals surface area contributed by atoms with Gasteiger partial charge in [-0.05, 0) is 49.2 Å². The molecule has 168 valence electrons. The van der Waals surface area contributed by atoms with Crippen LogP contribution in [0.25, 0.3) is 17.2 Å². The Hall–Kier alpha value is -3.92. The summed E-state index contributed by atoms with van der Waals surface area (Å²) in [6.45, 7) is 0. The number of para-hydroxylation sites is 1. The number of benzene rings is 2. The van der Waals surface area contributed by atoms with Crippen LogP contribution >= 0.6 is 0 Å².